The Kier molecular flexibility index (Phi) is 6.62. The van der Waals surface area contributed by atoms with Gasteiger partial charge < -0.3 is 5.32 Å². The average molecular weight is 256 g/mol. The van der Waals surface area contributed by atoms with Crippen molar-refractivity contribution >= 4 is 23.4 Å². The van der Waals surface area contributed by atoms with Gasteiger partial charge in [-0.3, -0.25) is 0 Å². The van der Waals surface area contributed by atoms with E-state index in [9.17, 15) is 0 Å². The maximum absolute atomic E-state index is 5.47. The van der Waals surface area contributed by atoms with Gasteiger partial charge in [0.25, 0.3) is 0 Å². The van der Waals surface area contributed by atoms with Crippen LogP contribution in [0.15, 0.2) is 40.8 Å². The van der Waals surface area contributed by atoms with Gasteiger partial charge in [0.15, 0.2) is 0 Å². The van der Waals surface area contributed by atoms with Crippen molar-refractivity contribution < 1.29 is 0 Å². The van der Waals surface area contributed by atoms with E-state index >= 15 is 0 Å². The van der Waals surface area contributed by atoms with E-state index in [0.717, 1.165) is 12.3 Å². The molecule has 0 bridgehead atoms. The fourth-order valence-electron chi connectivity index (χ4n) is 1.46. The Balaban J connectivity index is 2.53. The van der Waals surface area contributed by atoms with Crippen molar-refractivity contribution in [3.63, 3.8) is 0 Å². The van der Waals surface area contributed by atoms with E-state index in [0.29, 0.717) is 6.04 Å². The van der Waals surface area contributed by atoms with Crippen LogP contribution >= 0.6 is 23.4 Å². The van der Waals surface area contributed by atoms with Crippen molar-refractivity contribution in [1.29, 1.82) is 0 Å². The monoisotopic (exact) mass is 255 g/mol. The zero-order valence-corrected chi connectivity index (χ0v) is 11.3. The summed E-state index contributed by atoms with van der Waals surface area (Å²) >= 11 is 7.25. The summed E-state index contributed by atoms with van der Waals surface area (Å²) in [4.78, 5) is 1.28. The van der Waals surface area contributed by atoms with Crippen molar-refractivity contribution in [2.24, 2.45) is 0 Å². The summed E-state index contributed by atoms with van der Waals surface area (Å²) in [5, 5.41) is 3.40. The van der Waals surface area contributed by atoms with Crippen LogP contribution in [0.5, 0.6) is 0 Å². The highest BCUT2D eigenvalue weighted by Crippen LogP contribution is 2.21. The van der Waals surface area contributed by atoms with Crippen LogP contribution in [-0.2, 0) is 0 Å². The third-order valence-corrected chi connectivity index (χ3v) is 3.47. The molecule has 0 aliphatic carbocycles. The first-order valence-corrected chi connectivity index (χ1v) is 6.91. The van der Waals surface area contributed by atoms with Gasteiger partial charge >= 0.3 is 0 Å². The van der Waals surface area contributed by atoms with Crippen LogP contribution in [0.3, 0.4) is 0 Å². The minimum Gasteiger partial charge on any atom is -0.310 e. The highest BCUT2D eigenvalue weighted by atomic mass is 35.5. The molecule has 1 unspecified atom stereocenters. The lowest BCUT2D eigenvalue weighted by Gasteiger charge is -2.12. The van der Waals surface area contributed by atoms with E-state index < -0.39 is 0 Å². The molecule has 0 aliphatic rings. The zero-order valence-electron chi connectivity index (χ0n) is 9.74. The van der Waals surface area contributed by atoms with Gasteiger partial charge in [0, 0.05) is 22.2 Å². The molecule has 0 radical (unpaired) electrons. The Bertz CT molecular complexity index is 321. The minimum atomic E-state index is 0.423. The van der Waals surface area contributed by atoms with E-state index in [-0.39, 0.29) is 0 Å². The van der Waals surface area contributed by atoms with Gasteiger partial charge in [0.2, 0.25) is 0 Å². The number of thioether (sulfide) groups is 1. The second-order valence-corrected chi connectivity index (χ2v) is 4.87. The molecule has 0 fully saturated rings. The van der Waals surface area contributed by atoms with Crippen molar-refractivity contribution in [3.05, 3.63) is 41.4 Å². The van der Waals surface area contributed by atoms with Crippen LogP contribution < -0.4 is 5.32 Å². The first kappa shape index (κ1) is 13.6. The molecule has 88 valence electrons. The maximum atomic E-state index is 5.47. The van der Waals surface area contributed by atoms with Crippen molar-refractivity contribution in [2.75, 3.05) is 12.3 Å². The molecular formula is C13H18ClNS. The van der Waals surface area contributed by atoms with E-state index in [4.69, 9.17) is 11.6 Å². The highest BCUT2D eigenvalue weighted by molar-refractivity contribution is 7.99. The van der Waals surface area contributed by atoms with Crippen LogP contribution in [0, 0.1) is 0 Å². The normalized spacial score (nSPS) is 13.2. The molecule has 3 heteroatoms. The molecule has 0 aliphatic heterocycles. The Labute approximate surface area is 107 Å². The molecule has 1 nitrogen and oxygen atoms in total. The van der Waals surface area contributed by atoms with E-state index in [2.05, 4.69) is 43.4 Å². The van der Waals surface area contributed by atoms with Crippen molar-refractivity contribution in [1.82, 2.24) is 5.32 Å². The quantitative estimate of drug-likeness (QED) is 0.765. The molecule has 16 heavy (non-hydrogen) atoms. The molecule has 1 rings (SSSR count). The summed E-state index contributed by atoms with van der Waals surface area (Å²) in [5.74, 6) is 0.922. The lowest BCUT2D eigenvalue weighted by molar-refractivity contribution is 0.598. The fraction of sp³-hybridized carbons (Fsp3) is 0.385. The topological polar surface area (TPSA) is 12.0 Å². The zero-order chi connectivity index (χ0) is 11.8. The molecule has 0 aromatic heterocycles. The molecular weight excluding hydrogens is 238 g/mol. The van der Waals surface area contributed by atoms with Gasteiger partial charge in [0.05, 0.1) is 0 Å². The predicted octanol–water partition coefficient (Wildman–Crippen LogP) is 4.20. The lowest BCUT2D eigenvalue weighted by Crippen LogP contribution is -2.17. The number of benzene rings is 1. The summed E-state index contributed by atoms with van der Waals surface area (Å²) < 4.78 is 0. The molecule has 0 saturated heterocycles. The summed E-state index contributed by atoms with van der Waals surface area (Å²) in [6, 6.07) is 9.11. The third kappa shape index (κ3) is 4.60. The Morgan fingerprint density at radius 3 is 2.62 bits per heavy atom. The molecule has 0 saturated carbocycles. The largest absolute Gasteiger partial charge is 0.310 e. The molecule has 0 amide bonds. The smallest absolute Gasteiger partial charge is 0.0291 e. The highest BCUT2D eigenvalue weighted by Gasteiger charge is 2.02. The lowest BCUT2D eigenvalue weighted by atomic mass is 10.1. The number of hydrogen-bond acceptors (Lipinski definition) is 2. The van der Waals surface area contributed by atoms with Crippen LogP contribution in [-0.4, -0.2) is 12.3 Å². The molecule has 1 N–H and O–H groups in total. The van der Waals surface area contributed by atoms with Crippen LogP contribution in [0.4, 0.5) is 0 Å². The Hall–Kier alpha value is -0.440. The SMILES string of the molecule is CCNC(C)c1ccc(SCC=CCl)cc1. The molecule has 1 atom stereocenters. The van der Waals surface area contributed by atoms with Gasteiger partial charge in [-0.2, -0.15) is 0 Å². The summed E-state index contributed by atoms with van der Waals surface area (Å²) in [6.07, 6.45) is 1.95. The first-order valence-electron chi connectivity index (χ1n) is 5.49. The molecule has 0 heterocycles. The summed E-state index contributed by atoms with van der Waals surface area (Å²) in [7, 11) is 0. The fourth-order valence-corrected chi connectivity index (χ4v) is 2.37. The van der Waals surface area contributed by atoms with Gasteiger partial charge in [-0.05, 0) is 31.2 Å². The second-order valence-electron chi connectivity index (χ2n) is 3.52. The molecule has 1 aromatic carbocycles. The number of nitrogens with one attached hydrogen (secondary N) is 1. The van der Waals surface area contributed by atoms with Crippen molar-refractivity contribution in [2.45, 2.75) is 24.8 Å². The van der Waals surface area contributed by atoms with E-state index in [1.54, 1.807) is 17.3 Å². The third-order valence-electron chi connectivity index (χ3n) is 2.33. The van der Waals surface area contributed by atoms with Gasteiger partial charge in [-0.1, -0.05) is 36.7 Å². The van der Waals surface area contributed by atoms with Crippen LogP contribution in [0.1, 0.15) is 25.5 Å². The van der Waals surface area contributed by atoms with Crippen LogP contribution in [0.2, 0.25) is 0 Å². The van der Waals surface area contributed by atoms with Gasteiger partial charge in [-0.15, -0.1) is 11.8 Å². The second kappa shape index (κ2) is 7.77. The van der Waals surface area contributed by atoms with Gasteiger partial charge in [0.1, 0.15) is 0 Å². The molecule has 0 spiro atoms. The number of hydrogen-bond donors (Lipinski definition) is 1. The standard InChI is InChI=1S/C13H18ClNS/c1-3-15-11(2)12-5-7-13(8-6-12)16-10-4-9-14/h4-9,11,15H,3,10H2,1-2H3. The van der Waals surface area contributed by atoms with Gasteiger partial charge in [-0.25, -0.2) is 0 Å². The predicted molar refractivity (Wildman–Crippen MR) is 74.3 cm³/mol. The number of halogens is 1. The average Bonchev–Trinajstić information content (AvgIpc) is 2.30. The Morgan fingerprint density at radius 2 is 2.06 bits per heavy atom. The maximum Gasteiger partial charge on any atom is 0.0291 e. The molecule has 1 aromatic rings. The first-order chi connectivity index (χ1) is 7.77. The van der Waals surface area contributed by atoms with Crippen LogP contribution in [0.25, 0.3) is 0 Å². The van der Waals surface area contributed by atoms with E-state index in [1.807, 2.05) is 6.08 Å². The minimum absolute atomic E-state index is 0.423. The van der Waals surface area contributed by atoms with E-state index in [1.165, 1.54) is 10.5 Å². The van der Waals surface area contributed by atoms with Crippen molar-refractivity contribution in [3.8, 4) is 0 Å². The Morgan fingerprint density at radius 1 is 1.38 bits per heavy atom. The summed E-state index contributed by atoms with van der Waals surface area (Å²) in [5.41, 5.74) is 2.90. The summed E-state index contributed by atoms with van der Waals surface area (Å²) in [6.45, 7) is 5.30. The number of rotatable bonds is 6.